The fourth-order valence-electron chi connectivity index (χ4n) is 3.40. The molecule has 2 aliphatic carbocycles. The Morgan fingerprint density at radius 2 is 2.20 bits per heavy atom. The molecule has 2 N–H and O–H groups in total. The van der Waals surface area contributed by atoms with Gasteiger partial charge in [0.2, 0.25) is 6.41 Å². The lowest BCUT2D eigenvalue weighted by atomic mass is 9.75. The fourth-order valence-corrected chi connectivity index (χ4v) is 3.40. The first-order valence-electron chi connectivity index (χ1n) is 5.52. The first kappa shape index (κ1) is 10.5. The predicted octanol–water partition coefficient (Wildman–Crippen LogP) is 1.01. The van der Waals surface area contributed by atoms with Crippen molar-refractivity contribution in [2.75, 3.05) is 0 Å². The molecular formula is C11H17NO3. The number of rotatable bonds is 4. The maximum Gasteiger partial charge on any atom is 0.329 e. The van der Waals surface area contributed by atoms with Crippen molar-refractivity contribution in [1.82, 2.24) is 5.32 Å². The van der Waals surface area contributed by atoms with Crippen LogP contribution in [0.15, 0.2) is 0 Å². The van der Waals surface area contributed by atoms with Crippen molar-refractivity contribution in [2.45, 2.75) is 38.1 Å². The van der Waals surface area contributed by atoms with Gasteiger partial charge in [-0.2, -0.15) is 0 Å². The third-order valence-corrected chi connectivity index (χ3v) is 4.28. The second-order valence-electron chi connectivity index (χ2n) is 5.05. The first-order valence-corrected chi connectivity index (χ1v) is 5.52. The van der Waals surface area contributed by atoms with Crippen molar-refractivity contribution in [3.63, 3.8) is 0 Å². The van der Waals surface area contributed by atoms with Gasteiger partial charge >= 0.3 is 5.97 Å². The van der Waals surface area contributed by atoms with Gasteiger partial charge in [-0.15, -0.1) is 0 Å². The standard InChI is InChI=1S/C11H17NO3/c1-11(10(14)15,12-6-13)9-5-7-2-3-8(9)4-7/h6-9H,2-5H2,1H3,(H,12,13)(H,14,15). The van der Waals surface area contributed by atoms with E-state index in [2.05, 4.69) is 5.32 Å². The normalized spacial score (nSPS) is 37.3. The van der Waals surface area contributed by atoms with Crippen LogP contribution in [0.3, 0.4) is 0 Å². The van der Waals surface area contributed by atoms with Gasteiger partial charge < -0.3 is 10.4 Å². The molecule has 2 bridgehead atoms. The number of carboxylic acid groups (broad SMARTS) is 1. The molecule has 0 radical (unpaired) electrons. The number of hydrogen-bond donors (Lipinski definition) is 2. The Morgan fingerprint density at radius 3 is 2.60 bits per heavy atom. The average Bonchev–Trinajstić information content (AvgIpc) is 2.78. The van der Waals surface area contributed by atoms with Gasteiger partial charge in [0.05, 0.1) is 0 Å². The van der Waals surface area contributed by atoms with E-state index in [9.17, 15) is 14.7 Å². The Bertz CT molecular complexity index is 292. The van der Waals surface area contributed by atoms with Crippen molar-refractivity contribution in [3.05, 3.63) is 0 Å². The van der Waals surface area contributed by atoms with Crippen LogP contribution < -0.4 is 5.32 Å². The number of carbonyl (C=O) groups excluding carboxylic acids is 1. The van der Waals surface area contributed by atoms with Gasteiger partial charge in [0.25, 0.3) is 0 Å². The molecule has 0 aliphatic heterocycles. The van der Waals surface area contributed by atoms with E-state index < -0.39 is 11.5 Å². The molecule has 4 unspecified atom stereocenters. The summed E-state index contributed by atoms with van der Waals surface area (Å²) in [4.78, 5) is 21.8. The Hall–Kier alpha value is -1.06. The van der Waals surface area contributed by atoms with Crippen molar-refractivity contribution in [1.29, 1.82) is 0 Å². The molecule has 0 aromatic carbocycles. The zero-order valence-corrected chi connectivity index (χ0v) is 8.90. The summed E-state index contributed by atoms with van der Waals surface area (Å²) in [7, 11) is 0. The van der Waals surface area contributed by atoms with Crippen LogP contribution in [0.5, 0.6) is 0 Å². The van der Waals surface area contributed by atoms with Gasteiger partial charge in [-0.1, -0.05) is 6.42 Å². The van der Waals surface area contributed by atoms with Crippen LogP contribution >= 0.6 is 0 Å². The van der Waals surface area contributed by atoms with Crippen molar-refractivity contribution in [2.24, 2.45) is 17.8 Å². The summed E-state index contributed by atoms with van der Waals surface area (Å²) >= 11 is 0. The summed E-state index contributed by atoms with van der Waals surface area (Å²) in [6, 6.07) is 0. The highest BCUT2D eigenvalue weighted by Gasteiger charge is 2.52. The van der Waals surface area contributed by atoms with Crippen LogP contribution in [0.25, 0.3) is 0 Å². The van der Waals surface area contributed by atoms with E-state index in [1.165, 1.54) is 6.42 Å². The predicted molar refractivity (Wildman–Crippen MR) is 54.2 cm³/mol. The van der Waals surface area contributed by atoms with Crippen LogP contribution in [-0.2, 0) is 9.59 Å². The molecule has 0 spiro atoms. The number of carbonyl (C=O) groups is 2. The van der Waals surface area contributed by atoms with E-state index in [-0.39, 0.29) is 5.92 Å². The molecule has 0 aromatic rings. The molecule has 2 fully saturated rings. The number of amides is 1. The van der Waals surface area contributed by atoms with Crippen LogP contribution in [0.4, 0.5) is 0 Å². The molecule has 15 heavy (non-hydrogen) atoms. The Morgan fingerprint density at radius 1 is 1.47 bits per heavy atom. The molecule has 4 atom stereocenters. The smallest absolute Gasteiger partial charge is 0.329 e. The molecule has 4 nitrogen and oxygen atoms in total. The third kappa shape index (κ3) is 1.52. The average molecular weight is 211 g/mol. The second-order valence-corrected chi connectivity index (χ2v) is 5.05. The zero-order chi connectivity index (χ0) is 11.1. The second kappa shape index (κ2) is 3.51. The molecule has 0 saturated heterocycles. The van der Waals surface area contributed by atoms with Crippen LogP contribution in [0.1, 0.15) is 32.6 Å². The third-order valence-electron chi connectivity index (χ3n) is 4.28. The maximum absolute atomic E-state index is 11.3. The van der Waals surface area contributed by atoms with Crippen LogP contribution in [-0.4, -0.2) is 23.0 Å². The van der Waals surface area contributed by atoms with Gasteiger partial charge in [0.1, 0.15) is 5.54 Å². The lowest BCUT2D eigenvalue weighted by Crippen LogP contribution is -2.56. The molecule has 84 valence electrons. The molecule has 1 amide bonds. The number of carboxylic acids is 1. The molecule has 2 saturated carbocycles. The summed E-state index contributed by atoms with van der Waals surface area (Å²) < 4.78 is 0. The summed E-state index contributed by atoms with van der Waals surface area (Å²) in [5.74, 6) is 0.377. The van der Waals surface area contributed by atoms with Gasteiger partial charge in [-0.25, -0.2) is 4.79 Å². The van der Waals surface area contributed by atoms with E-state index in [0.29, 0.717) is 18.2 Å². The number of nitrogens with one attached hydrogen (secondary N) is 1. The maximum atomic E-state index is 11.3. The zero-order valence-electron chi connectivity index (χ0n) is 8.90. The first-order chi connectivity index (χ1) is 7.08. The summed E-state index contributed by atoms with van der Waals surface area (Å²) in [5.41, 5.74) is -1.07. The number of aliphatic carboxylic acids is 1. The summed E-state index contributed by atoms with van der Waals surface area (Å²) in [5, 5.41) is 11.7. The van der Waals surface area contributed by atoms with Gasteiger partial charge in [-0.3, -0.25) is 4.79 Å². The van der Waals surface area contributed by atoms with Crippen molar-refractivity contribution >= 4 is 12.4 Å². The van der Waals surface area contributed by atoms with Crippen molar-refractivity contribution in [3.8, 4) is 0 Å². The molecular weight excluding hydrogens is 194 g/mol. The lowest BCUT2D eigenvalue weighted by Gasteiger charge is -2.36. The van der Waals surface area contributed by atoms with Gasteiger partial charge in [-0.05, 0) is 43.9 Å². The van der Waals surface area contributed by atoms with Gasteiger partial charge in [0, 0.05) is 0 Å². The SMILES string of the molecule is CC(NC=O)(C(=O)O)C1CC2CCC1C2. The minimum Gasteiger partial charge on any atom is -0.480 e. The topological polar surface area (TPSA) is 66.4 Å². The van der Waals surface area contributed by atoms with E-state index in [1.807, 2.05) is 0 Å². The minimum atomic E-state index is -1.07. The molecule has 0 heterocycles. The highest BCUT2D eigenvalue weighted by Crippen LogP contribution is 2.52. The van der Waals surface area contributed by atoms with E-state index in [1.54, 1.807) is 6.92 Å². The molecule has 2 rings (SSSR count). The van der Waals surface area contributed by atoms with Gasteiger partial charge in [0.15, 0.2) is 0 Å². The van der Waals surface area contributed by atoms with Crippen molar-refractivity contribution < 1.29 is 14.7 Å². The Balaban J connectivity index is 2.18. The summed E-state index contributed by atoms with van der Waals surface area (Å²) in [6.45, 7) is 1.63. The minimum absolute atomic E-state index is 0.110. The van der Waals surface area contributed by atoms with E-state index in [0.717, 1.165) is 19.3 Å². The van der Waals surface area contributed by atoms with Crippen LogP contribution in [0.2, 0.25) is 0 Å². The van der Waals surface area contributed by atoms with E-state index >= 15 is 0 Å². The highest BCUT2D eigenvalue weighted by molar-refractivity contribution is 5.81. The molecule has 2 aliphatic rings. The Labute approximate surface area is 89.0 Å². The summed E-state index contributed by atoms with van der Waals surface area (Å²) in [6.07, 6.45) is 4.97. The monoisotopic (exact) mass is 211 g/mol. The molecule has 4 heteroatoms. The number of fused-ring (bicyclic) bond motifs is 2. The fraction of sp³-hybridized carbons (Fsp3) is 0.818. The lowest BCUT2D eigenvalue weighted by molar-refractivity contribution is -0.149. The van der Waals surface area contributed by atoms with E-state index in [4.69, 9.17) is 0 Å². The Kier molecular flexibility index (Phi) is 2.44. The quantitative estimate of drug-likeness (QED) is 0.682. The number of hydrogen-bond acceptors (Lipinski definition) is 2. The van der Waals surface area contributed by atoms with Crippen LogP contribution in [0, 0.1) is 17.8 Å². The highest BCUT2D eigenvalue weighted by atomic mass is 16.4. The largest absolute Gasteiger partial charge is 0.480 e. The molecule has 0 aromatic heterocycles.